The van der Waals surface area contributed by atoms with Gasteiger partial charge in [0, 0.05) is 30.7 Å². The molecule has 0 spiro atoms. The lowest BCUT2D eigenvalue weighted by atomic mass is 9.85. The Bertz CT molecular complexity index is 950. The molecule has 0 radical (unpaired) electrons. The van der Waals surface area contributed by atoms with Gasteiger partial charge in [0.2, 0.25) is 21.8 Å². The molecule has 0 bridgehead atoms. The molecule has 2 fully saturated rings. The highest BCUT2D eigenvalue weighted by Crippen LogP contribution is 2.35. The summed E-state index contributed by atoms with van der Waals surface area (Å²) in [6, 6.07) is 4.70. The van der Waals surface area contributed by atoms with E-state index in [0.29, 0.717) is 30.4 Å². The van der Waals surface area contributed by atoms with E-state index in [-0.39, 0.29) is 53.3 Å². The second-order valence-corrected chi connectivity index (χ2v) is 10.7. The van der Waals surface area contributed by atoms with Gasteiger partial charge in [-0.1, -0.05) is 39.7 Å². The minimum Gasteiger partial charge on any atom is -0.283 e. The van der Waals surface area contributed by atoms with Crippen molar-refractivity contribution in [1.29, 1.82) is 0 Å². The van der Waals surface area contributed by atoms with Crippen LogP contribution < -0.4 is 0 Å². The van der Waals surface area contributed by atoms with Crippen molar-refractivity contribution < 1.29 is 18.0 Å². The van der Waals surface area contributed by atoms with E-state index in [1.165, 1.54) is 15.3 Å². The van der Waals surface area contributed by atoms with Gasteiger partial charge < -0.3 is 0 Å². The zero-order valence-corrected chi connectivity index (χ0v) is 18.8. The SMILES string of the molecule is O=C1[C@H]2CC=CC[C@@H]2C(=O)N1CN1CCN(S(=O)(=O)c2ccc(Br)cc2Cl)CC1. The molecule has 10 heteroatoms. The molecule has 156 valence electrons. The Labute approximate surface area is 183 Å². The third-order valence-corrected chi connectivity index (χ3v) is 8.66. The number of sulfonamides is 1. The van der Waals surface area contributed by atoms with Crippen molar-refractivity contribution in [2.75, 3.05) is 32.8 Å². The van der Waals surface area contributed by atoms with Gasteiger partial charge in [0.05, 0.1) is 23.5 Å². The smallest absolute Gasteiger partial charge is 0.244 e. The van der Waals surface area contributed by atoms with E-state index in [0.717, 1.165) is 0 Å². The van der Waals surface area contributed by atoms with Crippen molar-refractivity contribution in [3.05, 3.63) is 39.8 Å². The maximum atomic E-state index is 12.9. The Hall–Kier alpha value is -1.26. The lowest BCUT2D eigenvalue weighted by molar-refractivity contribution is -0.142. The number of hydrogen-bond acceptors (Lipinski definition) is 5. The van der Waals surface area contributed by atoms with Crippen molar-refractivity contribution >= 4 is 49.4 Å². The molecule has 2 aliphatic heterocycles. The number of fused-ring (bicyclic) bond motifs is 1. The van der Waals surface area contributed by atoms with Crippen LogP contribution in [0.25, 0.3) is 0 Å². The first-order valence-corrected chi connectivity index (χ1v) is 12.1. The molecule has 1 aliphatic carbocycles. The van der Waals surface area contributed by atoms with Crippen molar-refractivity contribution in [3.8, 4) is 0 Å². The van der Waals surface area contributed by atoms with Crippen LogP contribution in [-0.4, -0.2) is 67.2 Å². The number of amides is 2. The normalized spacial score (nSPS) is 26.2. The van der Waals surface area contributed by atoms with E-state index in [1.54, 1.807) is 12.1 Å². The van der Waals surface area contributed by atoms with Crippen molar-refractivity contribution in [3.63, 3.8) is 0 Å². The quantitative estimate of drug-likeness (QED) is 0.466. The number of carbonyl (C=O) groups is 2. The zero-order valence-electron chi connectivity index (χ0n) is 15.6. The van der Waals surface area contributed by atoms with Crippen LogP contribution in [0.4, 0.5) is 0 Å². The van der Waals surface area contributed by atoms with E-state index in [4.69, 9.17) is 11.6 Å². The number of carbonyl (C=O) groups excluding carboxylic acids is 2. The molecule has 0 saturated carbocycles. The van der Waals surface area contributed by atoms with Gasteiger partial charge in [-0.25, -0.2) is 8.42 Å². The van der Waals surface area contributed by atoms with Gasteiger partial charge in [0.25, 0.3) is 0 Å². The van der Waals surface area contributed by atoms with Crippen molar-refractivity contribution in [2.45, 2.75) is 17.7 Å². The fourth-order valence-corrected chi connectivity index (χ4v) is 6.58. The fraction of sp³-hybridized carbons (Fsp3) is 0.474. The summed E-state index contributed by atoms with van der Waals surface area (Å²) in [5.74, 6) is -0.704. The standard InChI is InChI=1S/C19H21BrClN3O4S/c20-13-5-6-17(16(21)11-13)29(27,28)23-9-7-22(8-10-23)12-24-18(25)14-3-1-2-4-15(14)19(24)26/h1-2,5-6,11,14-15H,3-4,7-10,12H2/t14-,15-/m0/s1. The second kappa shape index (κ2) is 8.11. The summed E-state index contributed by atoms with van der Waals surface area (Å²) in [6.45, 7) is 1.66. The molecule has 1 aromatic carbocycles. The Kier molecular flexibility index (Phi) is 5.87. The molecule has 0 aromatic heterocycles. The van der Waals surface area contributed by atoms with Crippen LogP contribution in [0.5, 0.6) is 0 Å². The number of piperazine rings is 1. The largest absolute Gasteiger partial charge is 0.283 e. The minimum absolute atomic E-state index is 0.0808. The number of halogens is 2. The summed E-state index contributed by atoms with van der Waals surface area (Å²) < 4.78 is 28.0. The topological polar surface area (TPSA) is 78.0 Å². The number of hydrogen-bond donors (Lipinski definition) is 0. The average molecular weight is 503 g/mol. The van der Waals surface area contributed by atoms with Crippen molar-refractivity contribution in [1.82, 2.24) is 14.1 Å². The van der Waals surface area contributed by atoms with Crippen LogP contribution in [0.2, 0.25) is 5.02 Å². The Morgan fingerprint density at radius 3 is 2.14 bits per heavy atom. The van der Waals surface area contributed by atoms with Crippen LogP contribution in [-0.2, 0) is 19.6 Å². The maximum Gasteiger partial charge on any atom is 0.244 e. The Balaban J connectivity index is 1.40. The maximum absolute atomic E-state index is 12.9. The van der Waals surface area contributed by atoms with Crippen LogP contribution in [0.1, 0.15) is 12.8 Å². The molecule has 0 unspecified atom stereocenters. The third kappa shape index (κ3) is 3.90. The van der Waals surface area contributed by atoms with E-state index < -0.39 is 10.0 Å². The van der Waals surface area contributed by atoms with Gasteiger partial charge >= 0.3 is 0 Å². The predicted molar refractivity (Wildman–Crippen MR) is 112 cm³/mol. The highest BCUT2D eigenvalue weighted by molar-refractivity contribution is 9.10. The van der Waals surface area contributed by atoms with Gasteiger partial charge in [-0.3, -0.25) is 19.4 Å². The monoisotopic (exact) mass is 501 g/mol. The average Bonchev–Trinajstić information content (AvgIpc) is 2.93. The number of imide groups is 1. The van der Waals surface area contributed by atoms with Gasteiger partial charge in [-0.15, -0.1) is 0 Å². The Morgan fingerprint density at radius 1 is 1.00 bits per heavy atom. The van der Waals surface area contributed by atoms with Crippen LogP contribution in [0.3, 0.4) is 0 Å². The van der Waals surface area contributed by atoms with E-state index >= 15 is 0 Å². The van der Waals surface area contributed by atoms with Crippen LogP contribution in [0, 0.1) is 11.8 Å². The molecule has 2 atom stereocenters. The third-order valence-electron chi connectivity index (χ3n) is 5.78. The summed E-state index contributed by atoms with van der Waals surface area (Å²) in [7, 11) is -3.70. The fourth-order valence-electron chi connectivity index (χ4n) is 4.14. The summed E-state index contributed by atoms with van der Waals surface area (Å²) in [5.41, 5.74) is 0. The first-order chi connectivity index (χ1) is 13.8. The summed E-state index contributed by atoms with van der Waals surface area (Å²) in [5, 5.41) is 0.172. The van der Waals surface area contributed by atoms with Gasteiger partial charge in [0.1, 0.15) is 4.90 Å². The van der Waals surface area contributed by atoms with E-state index in [1.807, 2.05) is 17.1 Å². The van der Waals surface area contributed by atoms with Crippen molar-refractivity contribution in [2.24, 2.45) is 11.8 Å². The molecule has 3 aliphatic rings. The van der Waals surface area contributed by atoms with E-state index in [2.05, 4.69) is 15.9 Å². The number of nitrogens with zero attached hydrogens (tertiary/aromatic N) is 3. The van der Waals surface area contributed by atoms with Gasteiger partial charge in [-0.2, -0.15) is 4.31 Å². The molecule has 4 rings (SSSR count). The minimum atomic E-state index is -3.70. The lowest BCUT2D eigenvalue weighted by Gasteiger charge is -2.35. The predicted octanol–water partition coefficient (Wildman–Crippen LogP) is 2.32. The Morgan fingerprint density at radius 2 is 1.59 bits per heavy atom. The lowest BCUT2D eigenvalue weighted by Crippen LogP contribution is -2.52. The number of likely N-dealkylation sites (tertiary alicyclic amines) is 1. The zero-order chi connectivity index (χ0) is 20.8. The molecule has 2 heterocycles. The number of benzene rings is 1. The molecule has 7 nitrogen and oxygen atoms in total. The van der Waals surface area contributed by atoms with Gasteiger partial charge in [0.15, 0.2) is 0 Å². The van der Waals surface area contributed by atoms with E-state index in [9.17, 15) is 18.0 Å². The summed E-state index contributed by atoms with van der Waals surface area (Å²) in [4.78, 5) is 28.6. The second-order valence-electron chi connectivity index (χ2n) is 7.50. The first-order valence-electron chi connectivity index (χ1n) is 9.47. The van der Waals surface area contributed by atoms with Crippen LogP contribution >= 0.6 is 27.5 Å². The highest BCUT2D eigenvalue weighted by Gasteiger charge is 2.47. The summed E-state index contributed by atoms with van der Waals surface area (Å²) in [6.07, 6.45) is 5.16. The molecule has 29 heavy (non-hydrogen) atoms. The highest BCUT2D eigenvalue weighted by atomic mass is 79.9. The van der Waals surface area contributed by atoms with Gasteiger partial charge in [-0.05, 0) is 31.0 Å². The number of allylic oxidation sites excluding steroid dienone is 2. The molecule has 1 aromatic rings. The molecule has 0 N–H and O–H groups in total. The number of rotatable bonds is 4. The summed E-state index contributed by atoms with van der Waals surface area (Å²) >= 11 is 9.41. The molecule has 2 amide bonds. The molecular formula is C19H21BrClN3O4S. The molecular weight excluding hydrogens is 482 g/mol. The first kappa shape index (κ1) is 21.0. The van der Waals surface area contributed by atoms with Crippen LogP contribution in [0.15, 0.2) is 39.7 Å². The molecule has 2 saturated heterocycles.